The standard InChI is InChI=1S/C13H13BrN2O2/c14-11-6-9(8-15)3-4-12(11)16-13(17)7-10-2-1-5-18-10/h3-4,6,10H,1-2,5,7H2,(H,16,17). The fourth-order valence-corrected chi connectivity index (χ4v) is 2.38. The molecule has 1 aliphatic rings. The van der Waals surface area contributed by atoms with Crippen LogP contribution in [0.3, 0.4) is 0 Å². The summed E-state index contributed by atoms with van der Waals surface area (Å²) in [6.45, 7) is 0.749. The Labute approximate surface area is 114 Å². The van der Waals surface area contributed by atoms with Crippen LogP contribution in [0.2, 0.25) is 0 Å². The van der Waals surface area contributed by atoms with Crippen molar-refractivity contribution in [3.8, 4) is 6.07 Å². The molecule has 0 aliphatic carbocycles. The number of anilines is 1. The third-order valence-electron chi connectivity index (χ3n) is 2.81. The number of rotatable bonds is 3. The molecule has 1 fully saturated rings. The van der Waals surface area contributed by atoms with Crippen LogP contribution in [0.5, 0.6) is 0 Å². The number of carbonyl (C=O) groups excluding carboxylic acids is 1. The molecule has 1 heterocycles. The van der Waals surface area contributed by atoms with E-state index in [0.29, 0.717) is 22.1 Å². The van der Waals surface area contributed by atoms with Crippen LogP contribution in [0.15, 0.2) is 22.7 Å². The maximum absolute atomic E-state index is 11.8. The highest BCUT2D eigenvalue weighted by Gasteiger charge is 2.19. The Bertz CT molecular complexity index is 490. The van der Waals surface area contributed by atoms with Crippen molar-refractivity contribution in [2.24, 2.45) is 0 Å². The summed E-state index contributed by atoms with van der Waals surface area (Å²) >= 11 is 3.33. The van der Waals surface area contributed by atoms with Crippen LogP contribution >= 0.6 is 15.9 Å². The molecule has 1 aliphatic heterocycles. The van der Waals surface area contributed by atoms with Gasteiger partial charge in [0.1, 0.15) is 0 Å². The zero-order chi connectivity index (χ0) is 13.0. The van der Waals surface area contributed by atoms with Gasteiger partial charge in [-0.15, -0.1) is 0 Å². The summed E-state index contributed by atoms with van der Waals surface area (Å²) in [5.74, 6) is -0.0627. The van der Waals surface area contributed by atoms with Gasteiger partial charge in [0.15, 0.2) is 0 Å². The molecule has 0 saturated carbocycles. The van der Waals surface area contributed by atoms with Crippen LogP contribution in [0.1, 0.15) is 24.8 Å². The van der Waals surface area contributed by atoms with Crippen LogP contribution in [0.4, 0.5) is 5.69 Å². The van der Waals surface area contributed by atoms with Gasteiger partial charge in [0.05, 0.1) is 29.8 Å². The van der Waals surface area contributed by atoms with E-state index < -0.39 is 0 Å². The van der Waals surface area contributed by atoms with Crippen molar-refractivity contribution in [1.82, 2.24) is 0 Å². The molecular formula is C13H13BrN2O2. The molecule has 1 N–H and O–H groups in total. The number of halogens is 1. The van der Waals surface area contributed by atoms with Crippen molar-refractivity contribution in [3.05, 3.63) is 28.2 Å². The van der Waals surface area contributed by atoms with E-state index in [4.69, 9.17) is 10.00 Å². The molecule has 1 amide bonds. The minimum absolute atomic E-state index is 0.0437. The summed E-state index contributed by atoms with van der Waals surface area (Å²) in [6.07, 6.45) is 2.40. The van der Waals surface area contributed by atoms with E-state index in [1.807, 2.05) is 6.07 Å². The van der Waals surface area contributed by atoms with Gasteiger partial charge in [-0.1, -0.05) is 0 Å². The number of benzene rings is 1. The monoisotopic (exact) mass is 308 g/mol. The minimum Gasteiger partial charge on any atom is -0.378 e. The Morgan fingerprint density at radius 2 is 2.44 bits per heavy atom. The molecule has 0 spiro atoms. The average molecular weight is 309 g/mol. The molecule has 5 heteroatoms. The zero-order valence-electron chi connectivity index (χ0n) is 9.78. The van der Waals surface area contributed by atoms with Gasteiger partial charge in [-0.3, -0.25) is 4.79 Å². The Morgan fingerprint density at radius 3 is 3.06 bits per heavy atom. The van der Waals surface area contributed by atoms with Gasteiger partial charge in [-0.2, -0.15) is 5.26 Å². The van der Waals surface area contributed by atoms with Crippen molar-refractivity contribution in [2.75, 3.05) is 11.9 Å². The van der Waals surface area contributed by atoms with E-state index >= 15 is 0 Å². The first kappa shape index (κ1) is 13.1. The first-order valence-corrected chi connectivity index (χ1v) is 6.59. The highest BCUT2D eigenvalue weighted by molar-refractivity contribution is 9.10. The second kappa shape index (κ2) is 5.98. The molecule has 1 aromatic rings. The molecule has 18 heavy (non-hydrogen) atoms. The normalized spacial score (nSPS) is 18.3. The highest BCUT2D eigenvalue weighted by Crippen LogP contribution is 2.24. The van der Waals surface area contributed by atoms with E-state index in [9.17, 15) is 4.79 Å². The number of carbonyl (C=O) groups is 1. The number of nitrogens with zero attached hydrogens (tertiary/aromatic N) is 1. The predicted molar refractivity (Wildman–Crippen MR) is 71.1 cm³/mol. The highest BCUT2D eigenvalue weighted by atomic mass is 79.9. The molecule has 1 atom stereocenters. The smallest absolute Gasteiger partial charge is 0.227 e. The van der Waals surface area contributed by atoms with Crippen molar-refractivity contribution in [2.45, 2.75) is 25.4 Å². The first-order chi connectivity index (χ1) is 8.69. The lowest BCUT2D eigenvalue weighted by Crippen LogP contribution is -2.19. The lowest BCUT2D eigenvalue weighted by Gasteiger charge is -2.11. The van der Waals surface area contributed by atoms with Gasteiger partial charge in [0, 0.05) is 11.1 Å². The molecule has 0 radical (unpaired) electrons. The van der Waals surface area contributed by atoms with Gasteiger partial charge in [0.2, 0.25) is 5.91 Å². The molecule has 2 rings (SSSR count). The minimum atomic E-state index is -0.0627. The van der Waals surface area contributed by atoms with E-state index in [1.54, 1.807) is 18.2 Å². The maximum Gasteiger partial charge on any atom is 0.227 e. The Balaban J connectivity index is 1.96. The van der Waals surface area contributed by atoms with Crippen LogP contribution < -0.4 is 5.32 Å². The number of ether oxygens (including phenoxy) is 1. The summed E-state index contributed by atoms with van der Waals surface area (Å²) in [7, 11) is 0. The predicted octanol–water partition coefficient (Wildman–Crippen LogP) is 2.83. The topological polar surface area (TPSA) is 62.1 Å². The lowest BCUT2D eigenvalue weighted by molar-refractivity contribution is -0.118. The van der Waals surface area contributed by atoms with E-state index in [1.165, 1.54) is 0 Å². The van der Waals surface area contributed by atoms with E-state index in [0.717, 1.165) is 19.4 Å². The van der Waals surface area contributed by atoms with Crippen LogP contribution in [-0.2, 0) is 9.53 Å². The second-order valence-electron chi connectivity index (χ2n) is 4.19. The molecule has 0 bridgehead atoms. The van der Waals surface area contributed by atoms with E-state index in [-0.39, 0.29) is 12.0 Å². The van der Waals surface area contributed by atoms with Gasteiger partial charge in [0.25, 0.3) is 0 Å². The number of hydrogen-bond acceptors (Lipinski definition) is 3. The van der Waals surface area contributed by atoms with Crippen molar-refractivity contribution < 1.29 is 9.53 Å². The third-order valence-corrected chi connectivity index (χ3v) is 3.47. The summed E-state index contributed by atoms with van der Waals surface area (Å²) in [6, 6.07) is 7.12. The summed E-state index contributed by atoms with van der Waals surface area (Å²) in [5.41, 5.74) is 1.23. The SMILES string of the molecule is N#Cc1ccc(NC(=O)CC2CCCO2)c(Br)c1. The summed E-state index contributed by atoms with van der Waals surface area (Å²) in [5, 5.41) is 11.6. The average Bonchev–Trinajstić information content (AvgIpc) is 2.84. The van der Waals surface area contributed by atoms with Crippen LogP contribution in [0.25, 0.3) is 0 Å². The third kappa shape index (κ3) is 3.31. The van der Waals surface area contributed by atoms with Gasteiger partial charge >= 0.3 is 0 Å². The van der Waals surface area contributed by atoms with E-state index in [2.05, 4.69) is 21.2 Å². The molecule has 94 valence electrons. The number of nitrogens with one attached hydrogen (secondary N) is 1. The fraction of sp³-hybridized carbons (Fsp3) is 0.385. The Kier molecular flexibility index (Phi) is 4.34. The van der Waals surface area contributed by atoms with Gasteiger partial charge in [-0.05, 0) is 47.0 Å². The Morgan fingerprint density at radius 1 is 1.61 bits per heavy atom. The lowest BCUT2D eigenvalue weighted by atomic mass is 10.1. The largest absolute Gasteiger partial charge is 0.378 e. The molecule has 0 aromatic heterocycles. The fourth-order valence-electron chi connectivity index (χ4n) is 1.90. The van der Waals surface area contributed by atoms with Gasteiger partial charge < -0.3 is 10.1 Å². The molecule has 1 unspecified atom stereocenters. The molecular weight excluding hydrogens is 296 g/mol. The number of nitriles is 1. The number of hydrogen-bond donors (Lipinski definition) is 1. The zero-order valence-corrected chi connectivity index (χ0v) is 11.4. The van der Waals surface area contributed by atoms with Crippen LogP contribution in [0, 0.1) is 11.3 Å². The Hall–Kier alpha value is -1.38. The summed E-state index contributed by atoms with van der Waals surface area (Å²) in [4.78, 5) is 11.8. The van der Waals surface area contributed by atoms with Crippen molar-refractivity contribution in [3.63, 3.8) is 0 Å². The molecule has 1 saturated heterocycles. The molecule has 4 nitrogen and oxygen atoms in total. The van der Waals surface area contributed by atoms with Crippen LogP contribution in [-0.4, -0.2) is 18.6 Å². The number of amides is 1. The van der Waals surface area contributed by atoms with Crippen molar-refractivity contribution in [1.29, 1.82) is 5.26 Å². The van der Waals surface area contributed by atoms with Crippen molar-refractivity contribution >= 4 is 27.5 Å². The molecule has 1 aromatic carbocycles. The summed E-state index contributed by atoms with van der Waals surface area (Å²) < 4.78 is 6.12. The van der Waals surface area contributed by atoms with Gasteiger partial charge in [-0.25, -0.2) is 0 Å². The quantitative estimate of drug-likeness (QED) is 0.934. The first-order valence-electron chi connectivity index (χ1n) is 5.80. The maximum atomic E-state index is 11.8. The second-order valence-corrected chi connectivity index (χ2v) is 5.05.